The van der Waals surface area contributed by atoms with Crippen molar-refractivity contribution in [2.24, 2.45) is 5.92 Å². The van der Waals surface area contributed by atoms with Crippen LogP contribution in [0.2, 0.25) is 30.7 Å². The molecule has 1 heterocycles. The van der Waals surface area contributed by atoms with Crippen LogP contribution in [0.5, 0.6) is 11.5 Å². The van der Waals surface area contributed by atoms with E-state index >= 15 is 0 Å². The van der Waals surface area contributed by atoms with E-state index in [-0.39, 0.29) is 35.2 Å². The summed E-state index contributed by atoms with van der Waals surface area (Å²) >= 11 is 0. The molecule has 0 aromatic heterocycles. The summed E-state index contributed by atoms with van der Waals surface area (Å²) in [4.78, 5) is 13.6. The number of carbonyl (C=O) groups excluding carboxylic acids is 1. The van der Waals surface area contributed by atoms with Gasteiger partial charge < -0.3 is 38.0 Å². The minimum Gasteiger partial charge on any atom is -0.497 e. The number of ether oxygens (including phenoxy) is 6. The Hall–Kier alpha value is -4.52. The largest absolute Gasteiger partial charge is 0.497 e. The fraction of sp³-hybridized carbons (Fsp3) is 0.442. The smallest absolute Gasteiger partial charge is 0.342 e. The molecule has 338 valence electrons. The summed E-state index contributed by atoms with van der Waals surface area (Å²) in [7, 11) is -1.30. The molecule has 1 aliphatic rings. The number of hydrogen-bond acceptors (Lipinski definition) is 9. The van der Waals surface area contributed by atoms with Crippen molar-refractivity contribution in [3.63, 3.8) is 0 Å². The molecule has 5 rings (SSSR count). The summed E-state index contributed by atoms with van der Waals surface area (Å²) in [5.74, 6) is 5.75. The highest BCUT2D eigenvalue weighted by molar-refractivity contribution is 6.99. The molecule has 1 unspecified atom stereocenters. The lowest BCUT2D eigenvalue weighted by Gasteiger charge is -2.45. The zero-order chi connectivity index (χ0) is 45.8. The summed E-state index contributed by atoms with van der Waals surface area (Å²) in [5.41, 5.74) is 1.94. The lowest BCUT2D eigenvalue weighted by Crippen LogP contribution is -2.68. The number of aliphatic hydroxyl groups is 1. The zero-order valence-electron chi connectivity index (χ0n) is 39.1. The summed E-state index contributed by atoms with van der Waals surface area (Å²) in [6.07, 6.45) is 1.88. The highest BCUT2D eigenvalue weighted by Gasteiger charge is 2.51. The Balaban J connectivity index is 1.45. The maximum atomic E-state index is 13.6. The maximum Gasteiger partial charge on any atom is 0.342 e. The van der Waals surface area contributed by atoms with Gasteiger partial charge in [0.2, 0.25) is 0 Å². The van der Waals surface area contributed by atoms with E-state index in [4.69, 9.17) is 32.8 Å². The van der Waals surface area contributed by atoms with Crippen LogP contribution >= 0.6 is 0 Å². The van der Waals surface area contributed by atoms with Gasteiger partial charge in [-0.05, 0) is 72.3 Å². The predicted molar refractivity (Wildman–Crippen MR) is 257 cm³/mol. The Morgan fingerprint density at radius 3 is 2.05 bits per heavy atom. The SMILES string of the molecule is COCOc1cc(OC)cc(C=CC[C@@H]2OC(C)(C)O[C@@H]2C(O)C#C[C@H](Cc2ccccc2)[C@H](C)O[Si](c2ccccc2)(c2ccccc2)C(C)(C)C)c1C(=O)OCC[Si](C)(C)C. The van der Waals surface area contributed by atoms with Crippen LogP contribution in [-0.4, -0.2) is 85.3 Å². The van der Waals surface area contributed by atoms with Crippen LogP contribution in [0.25, 0.3) is 6.08 Å². The van der Waals surface area contributed by atoms with Gasteiger partial charge >= 0.3 is 5.97 Å². The summed E-state index contributed by atoms with van der Waals surface area (Å²) in [6, 6.07) is 35.7. The summed E-state index contributed by atoms with van der Waals surface area (Å²) in [5, 5.41) is 14.0. The van der Waals surface area contributed by atoms with Crippen molar-refractivity contribution in [3.05, 3.63) is 126 Å². The van der Waals surface area contributed by atoms with E-state index in [1.807, 2.05) is 56.3 Å². The Kier molecular flexibility index (Phi) is 17.2. The van der Waals surface area contributed by atoms with Crippen LogP contribution in [0, 0.1) is 17.8 Å². The Bertz CT molecular complexity index is 2110. The third kappa shape index (κ3) is 13.3. The number of rotatable bonds is 19. The van der Waals surface area contributed by atoms with Crippen molar-refractivity contribution in [2.45, 2.75) is 115 Å². The molecule has 9 nitrogen and oxygen atoms in total. The molecule has 0 amide bonds. The van der Waals surface area contributed by atoms with Gasteiger partial charge in [-0.15, -0.1) is 0 Å². The molecule has 1 fully saturated rings. The average Bonchev–Trinajstić information content (AvgIpc) is 3.56. The second-order valence-electron chi connectivity index (χ2n) is 18.9. The van der Waals surface area contributed by atoms with Crippen LogP contribution in [0.1, 0.15) is 69.4 Å². The molecule has 0 aliphatic carbocycles. The van der Waals surface area contributed by atoms with Gasteiger partial charge in [-0.1, -0.05) is 155 Å². The van der Waals surface area contributed by atoms with Crippen molar-refractivity contribution in [1.82, 2.24) is 0 Å². The normalized spacial score (nSPS) is 18.0. The van der Waals surface area contributed by atoms with E-state index in [9.17, 15) is 9.90 Å². The van der Waals surface area contributed by atoms with Crippen LogP contribution in [0.15, 0.2) is 109 Å². The van der Waals surface area contributed by atoms with Gasteiger partial charge in [-0.25, -0.2) is 4.79 Å². The minimum absolute atomic E-state index is 0.0645. The second kappa shape index (κ2) is 21.9. The lowest BCUT2D eigenvalue weighted by atomic mass is 9.94. The van der Waals surface area contributed by atoms with Gasteiger partial charge in [-0.2, -0.15) is 0 Å². The van der Waals surface area contributed by atoms with Crippen LogP contribution < -0.4 is 19.8 Å². The van der Waals surface area contributed by atoms with Gasteiger partial charge in [0, 0.05) is 27.2 Å². The molecule has 1 aliphatic heterocycles. The molecule has 1 saturated heterocycles. The van der Waals surface area contributed by atoms with Crippen molar-refractivity contribution in [2.75, 3.05) is 27.6 Å². The van der Waals surface area contributed by atoms with Gasteiger partial charge in [0.25, 0.3) is 8.32 Å². The lowest BCUT2D eigenvalue weighted by molar-refractivity contribution is -0.151. The van der Waals surface area contributed by atoms with E-state index in [0.717, 1.165) is 11.6 Å². The highest BCUT2D eigenvalue weighted by atomic mass is 28.4. The van der Waals surface area contributed by atoms with E-state index < -0.39 is 46.5 Å². The number of hydrogen-bond donors (Lipinski definition) is 1. The molecular weight excluding hydrogens is 825 g/mol. The number of aliphatic hydroxyl groups excluding tert-OH is 1. The second-order valence-corrected chi connectivity index (χ2v) is 28.8. The maximum absolute atomic E-state index is 13.6. The Morgan fingerprint density at radius 2 is 1.49 bits per heavy atom. The van der Waals surface area contributed by atoms with Crippen molar-refractivity contribution in [3.8, 4) is 23.3 Å². The third-order valence-electron chi connectivity index (χ3n) is 11.2. The Labute approximate surface area is 378 Å². The van der Waals surface area contributed by atoms with Crippen LogP contribution in [-0.2, 0) is 29.8 Å². The topological polar surface area (TPSA) is 102 Å². The quantitative estimate of drug-likeness (QED) is 0.0428. The van der Waals surface area contributed by atoms with Gasteiger partial charge in [0.15, 0.2) is 12.6 Å². The average molecular weight is 893 g/mol. The molecule has 63 heavy (non-hydrogen) atoms. The van der Waals surface area contributed by atoms with Crippen LogP contribution in [0.3, 0.4) is 0 Å². The Morgan fingerprint density at radius 1 is 0.889 bits per heavy atom. The van der Waals surface area contributed by atoms with E-state index in [1.54, 1.807) is 19.2 Å². The third-order valence-corrected chi connectivity index (χ3v) is 18.1. The molecular formula is C52H68O9Si2. The number of methoxy groups -OCH3 is 2. The monoisotopic (exact) mass is 892 g/mol. The molecule has 0 saturated carbocycles. The molecule has 5 atom stereocenters. The standard InChI is InChI=1S/C52H68O9Si2/c1-38(61-63(51(2,3)4,43-25-17-13-18-26-43)44-27-19-14-20-28-44)40(34-39-22-15-12-16-23-39)30-31-45(53)49-46(59-52(5,6)60-49)29-21-24-41-35-42(56-8)36-47(58-37-55-7)48(41)50(54)57-32-33-62(9,10)11/h12-28,35-36,38,40,45-46,49,53H,29,32-34,37H2,1-11H3/t38-,40+,45?,46-,49+/m0/s1. The predicted octanol–water partition coefficient (Wildman–Crippen LogP) is 9.28. The van der Waals surface area contributed by atoms with Gasteiger partial charge in [0.1, 0.15) is 29.3 Å². The van der Waals surface area contributed by atoms with Gasteiger partial charge in [0.05, 0.1) is 25.9 Å². The summed E-state index contributed by atoms with van der Waals surface area (Å²) in [6.45, 7) is 19.5. The van der Waals surface area contributed by atoms with Crippen molar-refractivity contribution < 1.29 is 42.7 Å². The molecule has 1 N–H and O–H groups in total. The number of carbonyl (C=O) groups is 1. The first-order valence-corrected chi connectivity index (χ1v) is 27.5. The zero-order valence-corrected chi connectivity index (χ0v) is 41.1. The fourth-order valence-corrected chi connectivity index (χ4v) is 13.5. The first-order valence-electron chi connectivity index (χ1n) is 21.9. The van der Waals surface area contributed by atoms with Gasteiger partial charge in [-0.3, -0.25) is 0 Å². The number of esters is 1. The molecule has 11 heteroatoms. The van der Waals surface area contributed by atoms with Crippen molar-refractivity contribution in [1.29, 1.82) is 0 Å². The molecule has 0 spiro atoms. The van der Waals surface area contributed by atoms with Crippen molar-refractivity contribution >= 4 is 38.8 Å². The minimum atomic E-state index is -2.92. The molecule has 4 aromatic rings. The van der Waals surface area contributed by atoms with E-state index in [0.29, 0.717) is 30.8 Å². The molecule has 0 radical (unpaired) electrons. The molecule has 0 bridgehead atoms. The first-order chi connectivity index (χ1) is 29.9. The van der Waals surface area contributed by atoms with Crippen LogP contribution in [0.4, 0.5) is 0 Å². The number of benzene rings is 4. The highest BCUT2D eigenvalue weighted by Crippen LogP contribution is 2.39. The summed E-state index contributed by atoms with van der Waals surface area (Å²) < 4.78 is 42.7. The van der Waals surface area contributed by atoms with E-state index in [1.165, 1.54) is 17.5 Å². The first kappa shape index (κ1) is 49.5. The fourth-order valence-electron chi connectivity index (χ4n) is 8.01. The van der Waals surface area contributed by atoms with E-state index in [2.05, 4.69) is 120 Å². The molecule has 4 aromatic carbocycles.